The minimum absolute atomic E-state index is 0.0887. The van der Waals surface area contributed by atoms with E-state index < -0.39 is 0 Å². The van der Waals surface area contributed by atoms with Crippen LogP contribution in [0.15, 0.2) is 24.3 Å². The zero-order valence-electron chi connectivity index (χ0n) is 10.4. The summed E-state index contributed by atoms with van der Waals surface area (Å²) < 4.78 is 13.8. The van der Waals surface area contributed by atoms with Gasteiger partial charge in [0.15, 0.2) is 0 Å². The van der Waals surface area contributed by atoms with Crippen LogP contribution in [0.1, 0.15) is 37.8 Å². The summed E-state index contributed by atoms with van der Waals surface area (Å²) in [5.74, 6) is -0.0887. The summed E-state index contributed by atoms with van der Waals surface area (Å²) in [7, 11) is 0. The van der Waals surface area contributed by atoms with Crippen LogP contribution in [0.25, 0.3) is 0 Å². The molecule has 0 bridgehead atoms. The van der Waals surface area contributed by atoms with Crippen LogP contribution in [-0.4, -0.2) is 24.0 Å². The summed E-state index contributed by atoms with van der Waals surface area (Å²) >= 11 is 0. The fraction of sp³-hybridized carbons (Fsp3) is 0.571. The highest BCUT2D eigenvalue weighted by Crippen LogP contribution is 2.28. The maximum Gasteiger partial charge on any atom is 0.127 e. The predicted octanol–water partition coefficient (Wildman–Crippen LogP) is 2.70. The maximum atomic E-state index is 13.8. The molecule has 0 aliphatic carbocycles. The molecule has 0 aromatic heterocycles. The van der Waals surface area contributed by atoms with Gasteiger partial charge in [-0.05, 0) is 25.3 Å². The van der Waals surface area contributed by atoms with Crippen molar-refractivity contribution in [1.29, 1.82) is 0 Å². The quantitative estimate of drug-likeness (QED) is 0.874. The van der Waals surface area contributed by atoms with Gasteiger partial charge < -0.3 is 5.73 Å². The molecular formula is C14H21FN2. The normalized spacial score (nSPS) is 20.4. The van der Waals surface area contributed by atoms with E-state index in [4.69, 9.17) is 5.73 Å². The molecule has 2 N–H and O–H groups in total. The van der Waals surface area contributed by atoms with Gasteiger partial charge in [0.1, 0.15) is 5.82 Å². The molecule has 0 saturated carbocycles. The molecule has 1 aliphatic rings. The first-order chi connectivity index (χ1) is 8.22. The number of halogens is 1. The van der Waals surface area contributed by atoms with Crippen LogP contribution >= 0.6 is 0 Å². The summed E-state index contributed by atoms with van der Waals surface area (Å²) in [4.78, 5) is 2.36. The van der Waals surface area contributed by atoms with E-state index in [0.717, 1.165) is 37.9 Å². The second kappa shape index (κ2) is 5.61. The van der Waals surface area contributed by atoms with Crippen molar-refractivity contribution < 1.29 is 4.39 Å². The molecule has 94 valence electrons. The van der Waals surface area contributed by atoms with E-state index in [0.29, 0.717) is 6.04 Å². The Morgan fingerprint density at radius 3 is 2.59 bits per heavy atom. The van der Waals surface area contributed by atoms with Crippen molar-refractivity contribution in [2.45, 2.75) is 38.3 Å². The van der Waals surface area contributed by atoms with E-state index in [1.807, 2.05) is 12.1 Å². The Morgan fingerprint density at radius 1 is 1.35 bits per heavy atom. The summed E-state index contributed by atoms with van der Waals surface area (Å²) in [6, 6.07) is 7.63. The average Bonchev–Trinajstić information content (AvgIpc) is 2.35. The lowest BCUT2D eigenvalue weighted by Gasteiger charge is -2.36. The van der Waals surface area contributed by atoms with Gasteiger partial charge in [-0.15, -0.1) is 0 Å². The standard InChI is InChI=1S/C14H21FN2/c1-2-14(12-5-3-4-6-13(12)15)17-9-7-11(16)8-10-17/h3-6,11,14H,2,7-10,16H2,1H3. The van der Waals surface area contributed by atoms with E-state index in [2.05, 4.69) is 11.8 Å². The lowest BCUT2D eigenvalue weighted by molar-refractivity contribution is 0.146. The lowest BCUT2D eigenvalue weighted by atomic mass is 9.98. The SMILES string of the molecule is CCC(c1ccccc1F)N1CCC(N)CC1. The zero-order valence-corrected chi connectivity index (χ0v) is 10.4. The van der Waals surface area contributed by atoms with Crippen molar-refractivity contribution in [2.75, 3.05) is 13.1 Å². The summed E-state index contributed by atoms with van der Waals surface area (Å²) in [6.07, 6.45) is 2.98. The highest BCUT2D eigenvalue weighted by atomic mass is 19.1. The molecule has 1 saturated heterocycles. The van der Waals surface area contributed by atoms with Crippen molar-refractivity contribution in [2.24, 2.45) is 5.73 Å². The van der Waals surface area contributed by atoms with Crippen LogP contribution in [0, 0.1) is 5.82 Å². The topological polar surface area (TPSA) is 29.3 Å². The second-order valence-corrected chi connectivity index (χ2v) is 4.82. The van der Waals surface area contributed by atoms with Crippen LogP contribution in [0.2, 0.25) is 0 Å². The van der Waals surface area contributed by atoms with Crippen LogP contribution in [0.5, 0.6) is 0 Å². The van der Waals surface area contributed by atoms with Gasteiger partial charge in [0.2, 0.25) is 0 Å². The van der Waals surface area contributed by atoms with Crippen LogP contribution in [0.4, 0.5) is 4.39 Å². The van der Waals surface area contributed by atoms with Crippen LogP contribution in [0.3, 0.4) is 0 Å². The smallest absolute Gasteiger partial charge is 0.127 e. The van der Waals surface area contributed by atoms with E-state index >= 15 is 0 Å². The monoisotopic (exact) mass is 236 g/mol. The molecule has 3 heteroatoms. The number of benzene rings is 1. The Labute approximate surface area is 103 Å². The van der Waals surface area contributed by atoms with Crippen molar-refractivity contribution in [3.63, 3.8) is 0 Å². The van der Waals surface area contributed by atoms with Crippen molar-refractivity contribution in [1.82, 2.24) is 4.90 Å². The maximum absolute atomic E-state index is 13.8. The number of nitrogens with two attached hydrogens (primary N) is 1. The Hall–Kier alpha value is -0.930. The van der Waals surface area contributed by atoms with Crippen LogP contribution < -0.4 is 5.73 Å². The third kappa shape index (κ3) is 2.85. The molecule has 1 heterocycles. The van der Waals surface area contributed by atoms with Gasteiger partial charge in [0.25, 0.3) is 0 Å². The van der Waals surface area contributed by atoms with Crippen LogP contribution in [-0.2, 0) is 0 Å². The number of hydrogen-bond donors (Lipinski definition) is 1. The Balaban J connectivity index is 2.14. The van der Waals surface area contributed by atoms with E-state index in [-0.39, 0.29) is 11.9 Å². The molecule has 1 unspecified atom stereocenters. The number of nitrogens with zero attached hydrogens (tertiary/aromatic N) is 1. The lowest BCUT2D eigenvalue weighted by Crippen LogP contribution is -2.41. The first-order valence-electron chi connectivity index (χ1n) is 6.46. The Kier molecular flexibility index (Phi) is 4.13. The van der Waals surface area contributed by atoms with Crippen molar-refractivity contribution in [3.05, 3.63) is 35.6 Å². The molecular weight excluding hydrogens is 215 g/mol. The third-order valence-corrected chi connectivity index (χ3v) is 3.67. The van der Waals surface area contributed by atoms with Gasteiger partial charge in [0.05, 0.1) is 0 Å². The second-order valence-electron chi connectivity index (χ2n) is 4.82. The Bertz CT molecular complexity index is 359. The number of likely N-dealkylation sites (tertiary alicyclic amines) is 1. The molecule has 1 atom stereocenters. The fourth-order valence-corrected chi connectivity index (χ4v) is 2.65. The van der Waals surface area contributed by atoms with E-state index in [1.165, 1.54) is 0 Å². The highest BCUT2D eigenvalue weighted by molar-refractivity contribution is 5.21. The fourth-order valence-electron chi connectivity index (χ4n) is 2.65. The summed E-state index contributed by atoms with van der Waals surface area (Å²) in [5, 5.41) is 0. The van der Waals surface area contributed by atoms with E-state index in [1.54, 1.807) is 12.1 Å². The summed E-state index contributed by atoms with van der Waals surface area (Å²) in [5.41, 5.74) is 6.73. The predicted molar refractivity (Wildman–Crippen MR) is 68.2 cm³/mol. The molecule has 0 amide bonds. The molecule has 0 spiro atoms. The Morgan fingerprint density at radius 2 is 2.00 bits per heavy atom. The van der Waals surface area contributed by atoms with Gasteiger partial charge in [-0.1, -0.05) is 25.1 Å². The van der Waals surface area contributed by atoms with Gasteiger partial charge in [-0.3, -0.25) is 4.90 Å². The average molecular weight is 236 g/mol. The largest absolute Gasteiger partial charge is 0.328 e. The molecule has 1 fully saturated rings. The van der Waals surface area contributed by atoms with Crippen molar-refractivity contribution >= 4 is 0 Å². The number of piperidine rings is 1. The summed E-state index contributed by atoms with van der Waals surface area (Å²) in [6.45, 7) is 4.08. The third-order valence-electron chi connectivity index (χ3n) is 3.67. The van der Waals surface area contributed by atoms with E-state index in [9.17, 15) is 4.39 Å². The minimum Gasteiger partial charge on any atom is -0.328 e. The van der Waals surface area contributed by atoms with Gasteiger partial charge in [-0.25, -0.2) is 4.39 Å². The first kappa shape index (κ1) is 12.5. The zero-order chi connectivity index (χ0) is 12.3. The molecule has 2 rings (SSSR count). The van der Waals surface area contributed by atoms with Gasteiger partial charge in [-0.2, -0.15) is 0 Å². The molecule has 2 nitrogen and oxygen atoms in total. The molecule has 1 aromatic carbocycles. The molecule has 1 aliphatic heterocycles. The minimum atomic E-state index is -0.0887. The number of rotatable bonds is 3. The van der Waals surface area contributed by atoms with Gasteiger partial charge >= 0.3 is 0 Å². The molecule has 17 heavy (non-hydrogen) atoms. The number of hydrogen-bond acceptors (Lipinski definition) is 2. The first-order valence-corrected chi connectivity index (χ1v) is 6.46. The molecule has 0 radical (unpaired) electrons. The highest BCUT2D eigenvalue weighted by Gasteiger charge is 2.24. The van der Waals surface area contributed by atoms with Crippen molar-refractivity contribution in [3.8, 4) is 0 Å². The molecule has 1 aromatic rings. The van der Waals surface area contributed by atoms with Gasteiger partial charge in [0, 0.05) is 30.7 Å².